The lowest BCUT2D eigenvalue weighted by atomic mass is 9.43. The first-order chi connectivity index (χ1) is 14.3. The Morgan fingerprint density at radius 3 is 2.63 bits per heavy atom. The Kier molecular flexibility index (Phi) is 4.96. The minimum Gasteiger partial charge on any atom is -0.463 e. The molecular weight excluding hydrogens is 396 g/mol. The minimum atomic E-state index is -0.747. The van der Waals surface area contributed by atoms with Gasteiger partial charge in [-0.1, -0.05) is 26.0 Å². The molecule has 5 heteroatoms. The van der Waals surface area contributed by atoms with E-state index < -0.39 is 12.2 Å². The normalized spacial score (nSPS) is 47.6. The van der Waals surface area contributed by atoms with E-state index in [0.717, 1.165) is 32.1 Å². The molecule has 5 rings (SSSR count). The van der Waals surface area contributed by atoms with E-state index in [-0.39, 0.29) is 34.7 Å². The quantitative estimate of drug-likeness (QED) is 0.670. The maximum Gasteiger partial charge on any atom is 0.302 e. The highest BCUT2D eigenvalue weighted by Gasteiger charge is 2.64. The van der Waals surface area contributed by atoms with Crippen LogP contribution in [0.3, 0.4) is 0 Å². The Bertz CT molecular complexity index is 847. The largest absolute Gasteiger partial charge is 0.463 e. The predicted molar refractivity (Wildman–Crippen MR) is 118 cm³/mol. The molecule has 1 heterocycles. The van der Waals surface area contributed by atoms with Crippen molar-refractivity contribution >= 4 is 22.9 Å². The van der Waals surface area contributed by atoms with Crippen molar-refractivity contribution in [3.05, 3.63) is 28.5 Å². The van der Waals surface area contributed by atoms with Crippen LogP contribution in [0.25, 0.3) is 5.57 Å². The molecule has 0 saturated heterocycles. The first-order valence-corrected chi connectivity index (χ1v) is 12.4. The number of hydrogen-bond acceptors (Lipinski definition) is 5. The number of aliphatic hydroxyl groups excluding tert-OH is 2. The number of aliphatic hydroxyl groups is 2. The van der Waals surface area contributed by atoms with Crippen LogP contribution < -0.4 is 0 Å². The van der Waals surface area contributed by atoms with Crippen molar-refractivity contribution in [1.29, 1.82) is 0 Å². The molecule has 1 unspecified atom stereocenters. The van der Waals surface area contributed by atoms with Crippen LogP contribution in [0.5, 0.6) is 0 Å². The number of allylic oxidation sites excluding steroid dienone is 2. The second-order valence-corrected chi connectivity index (χ2v) is 11.6. The van der Waals surface area contributed by atoms with Crippen molar-refractivity contribution in [3.8, 4) is 0 Å². The number of hydrogen-bond donors (Lipinski definition) is 2. The highest BCUT2D eigenvalue weighted by molar-refractivity contribution is 7.11. The Labute approximate surface area is 183 Å². The fourth-order valence-electron chi connectivity index (χ4n) is 7.95. The summed E-state index contributed by atoms with van der Waals surface area (Å²) in [7, 11) is 0. The van der Waals surface area contributed by atoms with Gasteiger partial charge in [-0.05, 0) is 90.0 Å². The molecule has 3 fully saturated rings. The molecule has 2 N–H and O–H groups in total. The molecule has 4 aliphatic rings. The summed E-state index contributed by atoms with van der Waals surface area (Å²) in [5.74, 6) is 0.649. The molecule has 0 aliphatic heterocycles. The minimum absolute atomic E-state index is 0.00697. The summed E-state index contributed by atoms with van der Waals surface area (Å²) in [5.41, 5.74) is 1.52. The van der Waals surface area contributed by atoms with Gasteiger partial charge < -0.3 is 14.9 Å². The van der Waals surface area contributed by atoms with Gasteiger partial charge in [-0.3, -0.25) is 4.79 Å². The van der Waals surface area contributed by atoms with Gasteiger partial charge in [0.05, 0.1) is 12.2 Å². The van der Waals surface area contributed by atoms with Crippen molar-refractivity contribution in [2.75, 3.05) is 0 Å². The molecule has 0 radical (unpaired) electrons. The fourth-order valence-corrected chi connectivity index (χ4v) is 8.86. The lowest BCUT2D eigenvalue weighted by Gasteiger charge is -2.63. The predicted octanol–water partition coefficient (Wildman–Crippen LogP) is 4.66. The molecule has 4 nitrogen and oxygen atoms in total. The third kappa shape index (κ3) is 2.88. The van der Waals surface area contributed by atoms with E-state index in [4.69, 9.17) is 4.74 Å². The fraction of sp³-hybridized carbons (Fsp3) is 0.720. The van der Waals surface area contributed by atoms with Gasteiger partial charge in [0, 0.05) is 11.8 Å². The van der Waals surface area contributed by atoms with Gasteiger partial charge in [-0.15, -0.1) is 11.3 Å². The van der Waals surface area contributed by atoms with Crippen molar-refractivity contribution in [3.63, 3.8) is 0 Å². The average Bonchev–Trinajstić information content (AvgIpc) is 3.33. The molecule has 9 atom stereocenters. The molecule has 0 bridgehead atoms. The summed E-state index contributed by atoms with van der Waals surface area (Å²) in [5, 5.41) is 24.8. The molecule has 3 saturated carbocycles. The van der Waals surface area contributed by atoms with E-state index in [9.17, 15) is 15.0 Å². The Morgan fingerprint density at radius 1 is 1.13 bits per heavy atom. The molecule has 1 aromatic heterocycles. The molecular formula is C25H34O4S. The number of rotatable bonds is 2. The van der Waals surface area contributed by atoms with Gasteiger partial charge in [0.1, 0.15) is 6.10 Å². The maximum absolute atomic E-state index is 11.5. The zero-order valence-electron chi connectivity index (χ0n) is 18.2. The van der Waals surface area contributed by atoms with Crippen molar-refractivity contribution < 1.29 is 19.7 Å². The van der Waals surface area contributed by atoms with Crippen LogP contribution in [-0.2, 0) is 9.53 Å². The van der Waals surface area contributed by atoms with Crippen LogP contribution in [0.1, 0.15) is 64.2 Å². The third-order valence-electron chi connectivity index (χ3n) is 9.41. The van der Waals surface area contributed by atoms with Crippen LogP contribution in [-0.4, -0.2) is 34.5 Å². The summed E-state index contributed by atoms with van der Waals surface area (Å²) in [6.07, 6.45) is 6.53. The van der Waals surface area contributed by atoms with Gasteiger partial charge in [-0.2, -0.15) is 0 Å². The first-order valence-electron chi connectivity index (χ1n) is 11.5. The standard InChI is InChI=1S/C25H34O4S/c1-14(26)29-15-8-10-25(3)18-9-11-24(2)16(20-5-4-12-30-20)6-7-17(24)21(18)23(28)22(27)19(25)13-15/h4-6,12,15,17-19,21-23,27-28H,7-11,13H2,1-3H3/t15-,17-,18-,19+,21?,22+,23+,24+,25+/m0/s1. The van der Waals surface area contributed by atoms with E-state index in [1.165, 1.54) is 17.4 Å². The summed E-state index contributed by atoms with van der Waals surface area (Å²) in [4.78, 5) is 12.8. The average molecular weight is 431 g/mol. The maximum atomic E-state index is 11.5. The zero-order chi connectivity index (χ0) is 21.3. The van der Waals surface area contributed by atoms with E-state index in [1.807, 2.05) is 0 Å². The first kappa shape index (κ1) is 20.7. The Morgan fingerprint density at radius 2 is 1.93 bits per heavy atom. The van der Waals surface area contributed by atoms with Crippen molar-refractivity contribution in [1.82, 2.24) is 0 Å². The van der Waals surface area contributed by atoms with Crippen LogP contribution >= 0.6 is 11.3 Å². The molecule has 0 aromatic carbocycles. The third-order valence-corrected chi connectivity index (χ3v) is 10.3. The van der Waals surface area contributed by atoms with E-state index >= 15 is 0 Å². The molecule has 4 aliphatic carbocycles. The number of fused-ring (bicyclic) bond motifs is 5. The summed E-state index contributed by atoms with van der Waals surface area (Å²) >= 11 is 1.81. The highest BCUT2D eigenvalue weighted by Crippen LogP contribution is 2.67. The lowest BCUT2D eigenvalue weighted by molar-refractivity contribution is -0.219. The Balaban J connectivity index is 1.45. The molecule has 0 spiro atoms. The van der Waals surface area contributed by atoms with Crippen LogP contribution in [0, 0.1) is 34.5 Å². The lowest BCUT2D eigenvalue weighted by Crippen LogP contribution is -2.64. The number of thiophene rings is 1. The second-order valence-electron chi connectivity index (χ2n) is 10.7. The van der Waals surface area contributed by atoms with Crippen LogP contribution in [0.2, 0.25) is 0 Å². The number of carbonyl (C=O) groups excluding carboxylic acids is 1. The van der Waals surface area contributed by atoms with Gasteiger partial charge in [0.2, 0.25) is 0 Å². The second kappa shape index (κ2) is 7.18. The van der Waals surface area contributed by atoms with Gasteiger partial charge in [-0.25, -0.2) is 0 Å². The van der Waals surface area contributed by atoms with Gasteiger partial charge >= 0.3 is 5.97 Å². The molecule has 30 heavy (non-hydrogen) atoms. The van der Waals surface area contributed by atoms with Crippen LogP contribution in [0.15, 0.2) is 23.6 Å². The summed E-state index contributed by atoms with van der Waals surface area (Å²) < 4.78 is 5.51. The summed E-state index contributed by atoms with van der Waals surface area (Å²) in [6.45, 7) is 6.17. The van der Waals surface area contributed by atoms with Gasteiger partial charge in [0.15, 0.2) is 0 Å². The van der Waals surface area contributed by atoms with Gasteiger partial charge in [0.25, 0.3) is 0 Å². The van der Waals surface area contributed by atoms with Crippen molar-refractivity contribution in [2.24, 2.45) is 34.5 Å². The Hall–Kier alpha value is -1.17. The summed E-state index contributed by atoms with van der Waals surface area (Å²) in [6, 6.07) is 4.34. The van der Waals surface area contributed by atoms with E-state index in [0.29, 0.717) is 18.3 Å². The van der Waals surface area contributed by atoms with E-state index in [1.54, 1.807) is 11.3 Å². The molecule has 164 valence electrons. The highest BCUT2D eigenvalue weighted by atomic mass is 32.1. The topological polar surface area (TPSA) is 66.8 Å². The number of carbonyl (C=O) groups is 1. The van der Waals surface area contributed by atoms with Crippen molar-refractivity contribution in [2.45, 2.75) is 77.6 Å². The number of ether oxygens (including phenoxy) is 1. The monoisotopic (exact) mass is 430 g/mol. The molecule has 1 aromatic rings. The van der Waals surface area contributed by atoms with E-state index in [2.05, 4.69) is 37.4 Å². The SMILES string of the molecule is CC(=O)O[C@H]1CC[C@@]2(C)[C@H](C1)[C@@H](O)[C@H](O)C1[C@@H]2CC[C@]2(C)C(c3cccs3)=CC[C@@H]12. The molecule has 0 amide bonds. The number of esters is 1. The zero-order valence-corrected chi connectivity index (χ0v) is 19.0. The smallest absolute Gasteiger partial charge is 0.302 e. The van der Waals surface area contributed by atoms with Crippen LogP contribution in [0.4, 0.5) is 0 Å².